The molecule has 2 rings (SSSR count). The molecule has 0 spiro atoms. The summed E-state index contributed by atoms with van der Waals surface area (Å²) in [6.45, 7) is 9.53. The summed E-state index contributed by atoms with van der Waals surface area (Å²) in [6, 6.07) is 0. The number of rotatable bonds is 3. The lowest BCUT2D eigenvalue weighted by Gasteiger charge is -2.37. The van der Waals surface area contributed by atoms with Crippen LogP contribution in [0.1, 0.15) is 44.9 Å². The second kappa shape index (κ2) is 5.89. The minimum Gasteiger partial charge on any atom is -0.281 e. The van der Waals surface area contributed by atoms with Crippen LogP contribution in [0, 0.1) is 18.3 Å². The molecule has 0 amide bonds. The van der Waals surface area contributed by atoms with Gasteiger partial charge in [-0.25, -0.2) is 8.42 Å². The second-order valence-corrected chi connectivity index (χ2v) is 8.93. The molecule has 1 aliphatic rings. The van der Waals surface area contributed by atoms with Crippen LogP contribution in [-0.2, 0) is 15.9 Å². The molecule has 0 bridgehead atoms. The zero-order chi connectivity index (χ0) is 15.8. The Morgan fingerprint density at radius 1 is 1.33 bits per heavy atom. The number of halogens is 1. The first-order valence-corrected chi connectivity index (χ1v) is 9.25. The second-order valence-electron chi connectivity index (χ2n) is 6.81. The first kappa shape index (κ1) is 16.8. The molecule has 0 radical (unpaired) electrons. The van der Waals surface area contributed by atoms with E-state index in [0.29, 0.717) is 30.3 Å². The number of H-pyrrole nitrogens is 1. The third kappa shape index (κ3) is 3.27. The Morgan fingerprint density at radius 2 is 1.90 bits per heavy atom. The molecule has 0 aromatic carbocycles. The van der Waals surface area contributed by atoms with E-state index in [1.807, 2.05) is 0 Å². The monoisotopic (exact) mass is 333 g/mol. The van der Waals surface area contributed by atoms with Crippen molar-refractivity contribution in [1.29, 1.82) is 0 Å². The Balaban J connectivity index is 2.19. The van der Waals surface area contributed by atoms with Crippen molar-refractivity contribution in [3.8, 4) is 0 Å². The van der Waals surface area contributed by atoms with Gasteiger partial charge in [0.1, 0.15) is 0 Å². The van der Waals surface area contributed by atoms with E-state index in [-0.39, 0.29) is 16.3 Å². The Bertz CT molecular complexity index is 596. The van der Waals surface area contributed by atoms with Gasteiger partial charge < -0.3 is 0 Å². The first-order chi connectivity index (χ1) is 9.67. The van der Waals surface area contributed by atoms with Crippen molar-refractivity contribution in [3.63, 3.8) is 0 Å². The van der Waals surface area contributed by atoms with Crippen molar-refractivity contribution in [3.05, 3.63) is 11.3 Å². The van der Waals surface area contributed by atoms with E-state index in [1.165, 1.54) is 0 Å². The average molecular weight is 334 g/mol. The lowest BCUT2D eigenvalue weighted by Crippen LogP contribution is -2.41. The highest BCUT2D eigenvalue weighted by Crippen LogP contribution is 2.36. The summed E-state index contributed by atoms with van der Waals surface area (Å²) in [4.78, 5) is 0. The Morgan fingerprint density at radius 3 is 2.38 bits per heavy atom. The van der Waals surface area contributed by atoms with Crippen molar-refractivity contribution in [2.75, 3.05) is 13.1 Å². The van der Waals surface area contributed by atoms with Crippen molar-refractivity contribution < 1.29 is 8.42 Å². The summed E-state index contributed by atoms with van der Waals surface area (Å²) in [7, 11) is -3.55. The summed E-state index contributed by atoms with van der Waals surface area (Å²) in [5.74, 6) is 0.701. The number of nitrogens with one attached hydrogen (secondary N) is 1. The molecule has 1 aliphatic heterocycles. The number of piperidine rings is 1. The van der Waals surface area contributed by atoms with E-state index >= 15 is 0 Å². The van der Waals surface area contributed by atoms with E-state index < -0.39 is 10.0 Å². The maximum Gasteiger partial charge on any atom is 0.262 e. The number of hydrogen-bond acceptors (Lipinski definition) is 3. The molecule has 0 aliphatic carbocycles. The zero-order valence-electron chi connectivity index (χ0n) is 13.1. The number of hydrogen-bond donors (Lipinski definition) is 1. The molecule has 1 saturated heterocycles. The topological polar surface area (TPSA) is 66.1 Å². The molecule has 2 heterocycles. The van der Waals surface area contributed by atoms with E-state index in [0.717, 1.165) is 12.8 Å². The van der Waals surface area contributed by atoms with Crippen LogP contribution in [0.2, 0.25) is 0 Å². The van der Waals surface area contributed by atoms with Crippen molar-refractivity contribution in [2.45, 2.75) is 51.4 Å². The summed E-state index contributed by atoms with van der Waals surface area (Å²) >= 11 is 5.86. The molecule has 1 aromatic heterocycles. The molecule has 0 saturated carbocycles. The maximum absolute atomic E-state index is 12.7. The Labute approximate surface area is 132 Å². The molecule has 1 N–H and O–H groups in total. The summed E-state index contributed by atoms with van der Waals surface area (Å²) in [5.41, 5.74) is 1.52. The molecule has 0 atom stereocenters. The van der Waals surface area contributed by atoms with Gasteiger partial charge in [0.2, 0.25) is 0 Å². The standard InChI is InChI=1S/C14H24ClN3O2S/c1-10-12(9-15)13(17-16-10)21(19,20)18-7-5-11(6-8-18)14(2,3)4/h11H,5-9H2,1-4H3,(H,16,17). The third-order valence-electron chi connectivity index (χ3n) is 4.43. The smallest absolute Gasteiger partial charge is 0.262 e. The summed E-state index contributed by atoms with van der Waals surface area (Å²) in [5, 5.41) is 6.78. The number of aryl methyl sites for hydroxylation is 1. The summed E-state index contributed by atoms with van der Waals surface area (Å²) < 4.78 is 27.0. The van der Waals surface area contributed by atoms with Gasteiger partial charge in [0.25, 0.3) is 10.0 Å². The van der Waals surface area contributed by atoms with Gasteiger partial charge >= 0.3 is 0 Å². The fourth-order valence-corrected chi connectivity index (χ4v) is 4.93. The van der Waals surface area contributed by atoms with E-state index in [2.05, 4.69) is 31.0 Å². The highest BCUT2D eigenvalue weighted by atomic mass is 35.5. The predicted octanol–water partition coefficient (Wildman–Crippen LogP) is 2.90. The van der Waals surface area contributed by atoms with Crippen LogP contribution in [0.5, 0.6) is 0 Å². The Kier molecular flexibility index (Phi) is 4.71. The number of aromatic amines is 1. The molecule has 5 nitrogen and oxygen atoms in total. The highest BCUT2D eigenvalue weighted by molar-refractivity contribution is 7.89. The van der Waals surface area contributed by atoms with E-state index in [4.69, 9.17) is 11.6 Å². The number of sulfonamides is 1. The minimum atomic E-state index is -3.55. The Hall–Kier alpha value is -0.590. The molecule has 7 heteroatoms. The maximum atomic E-state index is 12.7. The van der Waals surface area contributed by atoms with Gasteiger partial charge in [0.15, 0.2) is 5.03 Å². The van der Waals surface area contributed by atoms with Crippen LogP contribution in [0.4, 0.5) is 0 Å². The first-order valence-electron chi connectivity index (χ1n) is 7.28. The SMILES string of the molecule is Cc1[nH]nc(S(=O)(=O)N2CCC(C(C)(C)C)CC2)c1CCl. The minimum absolute atomic E-state index is 0.0872. The van der Waals surface area contributed by atoms with Crippen molar-refractivity contribution in [1.82, 2.24) is 14.5 Å². The van der Waals surface area contributed by atoms with Crippen molar-refractivity contribution >= 4 is 21.6 Å². The van der Waals surface area contributed by atoms with Crippen LogP contribution in [0.3, 0.4) is 0 Å². The van der Waals surface area contributed by atoms with Gasteiger partial charge in [0.05, 0.1) is 5.88 Å². The van der Waals surface area contributed by atoms with E-state index in [9.17, 15) is 8.42 Å². The van der Waals surface area contributed by atoms with Crippen LogP contribution in [-0.4, -0.2) is 36.0 Å². The lowest BCUT2D eigenvalue weighted by atomic mass is 9.76. The molecule has 120 valence electrons. The van der Waals surface area contributed by atoms with Gasteiger partial charge in [0, 0.05) is 24.3 Å². The molecule has 1 fully saturated rings. The van der Waals surface area contributed by atoms with Crippen LogP contribution >= 0.6 is 11.6 Å². The van der Waals surface area contributed by atoms with Gasteiger partial charge in [-0.15, -0.1) is 11.6 Å². The molecule has 21 heavy (non-hydrogen) atoms. The zero-order valence-corrected chi connectivity index (χ0v) is 14.7. The fourth-order valence-electron chi connectivity index (χ4n) is 2.89. The number of aromatic nitrogens is 2. The molecule has 1 aromatic rings. The van der Waals surface area contributed by atoms with Gasteiger partial charge in [-0.1, -0.05) is 20.8 Å². The number of alkyl halides is 1. The lowest BCUT2D eigenvalue weighted by molar-refractivity contribution is 0.154. The van der Waals surface area contributed by atoms with Crippen LogP contribution < -0.4 is 0 Å². The van der Waals surface area contributed by atoms with Crippen LogP contribution in [0.15, 0.2) is 5.03 Å². The fraction of sp³-hybridized carbons (Fsp3) is 0.786. The quantitative estimate of drug-likeness (QED) is 0.865. The third-order valence-corrected chi connectivity index (χ3v) is 6.57. The van der Waals surface area contributed by atoms with Gasteiger partial charge in [-0.3, -0.25) is 5.10 Å². The molecule has 0 unspecified atom stereocenters. The average Bonchev–Trinajstić information content (AvgIpc) is 2.79. The molecular formula is C14H24ClN3O2S. The number of nitrogens with zero attached hydrogens (tertiary/aromatic N) is 2. The summed E-state index contributed by atoms with van der Waals surface area (Å²) in [6.07, 6.45) is 1.78. The van der Waals surface area contributed by atoms with Gasteiger partial charge in [-0.05, 0) is 31.1 Å². The largest absolute Gasteiger partial charge is 0.281 e. The highest BCUT2D eigenvalue weighted by Gasteiger charge is 2.36. The van der Waals surface area contributed by atoms with Crippen molar-refractivity contribution in [2.24, 2.45) is 11.3 Å². The van der Waals surface area contributed by atoms with E-state index in [1.54, 1.807) is 11.2 Å². The predicted molar refractivity (Wildman–Crippen MR) is 83.8 cm³/mol. The van der Waals surface area contributed by atoms with Crippen LogP contribution in [0.25, 0.3) is 0 Å². The normalized spacial score (nSPS) is 19.1. The molecular weight excluding hydrogens is 310 g/mol. The van der Waals surface area contributed by atoms with Gasteiger partial charge in [-0.2, -0.15) is 9.40 Å².